The summed E-state index contributed by atoms with van der Waals surface area (Å²) in [6.45, 7) is 3.98. The first-order valence-electron chi connectivity index (χ1n) is 9.86. The van der Waals surface area contributed by atoms with Crippen LogP contribution in [0.2, 0.25) is 0 Å². The van der Waals surface area contributed by atoms with Crippen molar-refractivity contribution in [3.63, 3.8) is 0 Å². The standard InChI is InChI=1S/C21H28N4O/c1-2-20-24-19-14-23-18-9-4-3-8-17(18)21(19)25(20)11-6-5-7-16-13-15(22)10-12-26-16/h3-4,8-9,14-16H,2,5-7,10-13,22H2,1H3. The largest absolute Gasteiger partial charge is 0.378 e. The van der Waals surface area contributed by atoms with Gasteiger partial charge in [0, 0.05) is 31.0 Å². The Hall–Kier alpha value is -1.98. The van der Waals surface area contributed by atoms with E-state index in [-0.39, 0.29) is 0 Å². The molecule has 138 valence electrons. The number of nitrogens with zero attached hydrogens (tertiary/aromatic N) is 3. The number of hydrogen-bond donors (Lipinski definition) is 1. The number of benzene rings is 1. The Balaban J connectivity index is 1.51. The number of unbranched alkanes of at least 4 members (excludes halogenated alkanes) is 1. The van der Waals surface area contributed by atoms with Crippen LogP contribution in [0.15, 0.2) is 30.5 Å². The summed E-state index contributed by atoms with van der Waals surface area (Å²) in [6, 6.07) is 8.66. The highest BCUT2D eigenvalue weighted by atomic mass is 16.5. The maximum Gasteiger partial charge on any atom is 0.109 e. The number of aromatic nitrogens is 3. The van der Waals surface area contributed by atoms with Crippen molar-refractivity contribution in [3.05, 3.63) is 36.3 Å². The highest BCUT2D eigenvalue weighted by molar-refractivity contribution is 6.02. The van der Waals surface area contributed by atoms with Crippen LogP contribution in [0.5, 0.6) is 0 Å². The van der Waals surface area contributed by atoms with Gasteiger partial charge in [-0.25, -0.2) is 4.98 Å². The number of aryl methyl sites for hydroxylation is 2. The summed E-state index contributed by atoms with van der Waals surface area (Å²) < 4.78 is 8.25. The summed E-state index contributed by atoms with van der Waals surface area (Å²) in [5.74, 6) is 1.15. The minimum atomic E-state index is 0.317. The fraction of sp³-hybridized carbons (Fsp3) is 0.524. The molecule has 4 rings (SSSR count). The highest BCUT2D eigenvalue weighted by Crippen LogP contribution is 2.26. The fourth-order valence-corrected chi connectivity index (χ4v) is 4.07. The highest BCUT2D eigenvalue weighted by Gasteiger charge is 2.19. The SMILES string of the molecule is CCc1nc2cnc3ccccc3c2n1CCCCC1CC(N)CCO1. The molecule has 2 unspecified atom stereocenters. The predicted molar refractivity (Wildman–Crippen MR) is 105 cm³/mol. The number of hydrogen-bond acceptors (Lipinski definition) is 4. The summed E-state index contributed by atoms with van der Waals surface area (Å²) in [4.78, 5) is 9.38. The van der Waals surface area contributed by atoms with Gasteiger partial charge in [-0.15, -0.1) is 0 Å². The topological polar surface area (TPSA) is 66.0 Å². The molecule has 3 aromatic rings. The van der Waals surface area contributed by atoms with E-state index < -0.39 is 0 Å². The molecule has 1 aliphatic rings. The van der Waals surface area contributed by atoms with Gasteiger partial charge < -0.3 is 15.0 Å². The van der Waals surface area contributed by atoms with Crippen molar-refractivity contribution in [2.45, 2.75) is 64.1 Å². The maximum atomic E-state index is 6.06. The van der Waals surface area contributed by atoms with Crippen LogP contribution in [0.25, 0.3) is 21.9 Å². The Labute approximate surface area is 154 Å². The molecule has 0 saturated carbocycles. The Morgan fingerprint density at radius 2 is 2.12 bits per heavy atom. The van der Waals surface area contributed by atoms with E-state index in [4.69, 9.17) is 15.5 Å². The van der Waals surface area contributed by atoms with Gasteiger partial charge in [0.15, 0.2) is 0 Å². The van der Waals surface area contributed by atoms with Crippen molar-refractivity contribution < 1.29 is 4.74 Å². The lowest BCUT2D eigenvalue weighted by Gasteiger charge is -2.27. The van der Waals surface area contributed by atoms with Gasteiger partial charge in [0.2, 0.25) is 0 Å². The van der Waals surface area contributed by atoms with Gasteiger partial charge in [0.1, 0.15) is 11.3 Å². The molecular formula is C21H28N4O. The van der Waals surface area contributed by atoms with Crippen LogP contribution >= 0.6 is 0 Å². The van der Waals surface area contributed by atoms with E-state index in [1.54, 1.807) is 0 Å². The molecule has 2 atom stereocenters. The summed E-state index contributed by atoms with van der Waals surface area (Å²) >= 11 is 0. The number of nitrogens with two attached hydrogens (primary N) is 1. The van der Waals surface area contributed by atoms with E-state index in [2.05, 4.69) is 34.7 Å². The lowest BCUT2D eigenvalue weighted by atomic mass is 10.00. The first-order valence-corrected chi connectivity index (χ1v) is 9.86. The van der Waals surface area contributed by atoms with Gasteiger partial charge in [-0.1, -0.05) is 25.1 Å². The second-order valence-corrected chi connectivity index (χ2v) is 7.32. The maximum absolute atomic E-state index is 6.06. The van der Waals surface area contributed by atoms with Crippen molar-refractivity contribution in [2.24, 2.45) is 5.73 Å². The summed E-state index contributed by atoms with van der Waals surface area (Å²) in [5.41, 5.74) is 9.32. The Morgan fingerprint density at radius 1 is 1.23 bits per heavy atom. The monoisotopic (exact) mass is 352 g/mol. The molecular weight excluding hydrogens is 324 g/mol. The van der Waals surface area contributed by atoms with Crippen molar-refractivity contribution in [1.29, 1.82) is 0 Å². The number of imidazole rings is 1. The molecule has 5 nitrogen and oxygen atoms in total. The third-order valence-corrected chi connectivity index (χ3v) is 5.44. The third kappa shape index (κ3) is 3.46. The molecule has 1 saturated heterocycles. The van der Waals surface area contributed by atoms with Crippen LogP contribution in [0.1, 0.15) is 44.9 Å². The summed E-state index contributed by atoms with van der Waals surface area (Å²) in [6.07, 6.45) is 8.57. The molecule has 0 amide bonds. The molecule has 5 heteroatoms. The second kappa shape index (κ2) is 7.72. The van der Waals surface area contributed by atoms with E-state index >= 15 is 0 Å². The van der Waals surface area contributed by atoms with Crippen molar-refractivity contribution in [3.8, 4) is 0 Å². The zero-order valence-electron chi connectivity index (χ0n) is 15.5. The summed E-state index contributed by atoms with van der Waals surface area (Å²) in [5, 5.41) is 1.19. The van der Waals surface area contributed by atoms with Gasteiger partial charge in [0.05, 0.1) is 23.3 Å². The van der Waals surface area contributed by atoms with Crippen molar-refractivity contribution in [1.82, 2.24) is 14.5 Å². The third-order valence-electron chi connectivity index (χ3n) is 5.44. The number of pyridine rings is 1. The molecule has 1 aliphatic heterocycles. The molecule has 1 aromatic carbocycles. The zero-order valence-corrected chi connectivity index (χ0v) is 15.5. The van der Waals surface area contributed by atoms with Crippen LogP contribution in [-0.2, 0) is 17.7 Å². The van der Waals surface area contributed by atoms with E-state index in [9.17, 15) is 0 Å². The van der Waals surface area contributed by atoms with Gasteiger partial charge in [0.25, 0.3) is 0 Å². The predicted octanol–water partition coefficient (Wildman–Crippen LogP) is 3.82. The quantitative estimate of drug-likeness (QED) is 0.685. The van der Waals surface area contributed by atoms with Gasteiger partial charge >= 0.3 is 0 Å². The molecule has 1 fully saturated rings. The van der Waals surface area contributed by atoms with Gasteiger partial charge in [-0.2, -0.15) is 0 Å². The van der Waals surface area contributed by atoms with Crippen LogP contribution in [0.3, 0.4) is 0 Å². The fourth-order valence-electron chi connectivity index (χ4n) is 4.07. The van der Waals surface area contributed by atoms with Crippen LogP contribution in [0, 0.1) is 0 Å². The van der Waals surface area contributed by atoms with Gasteiger partial charge in [-0.05, 0) is 38.2 Å². The first-order chi connectivity index (χ1) is 12.8. The van der Waals surface area contributed by atoms with E-state index in [0.29, 0.717) is 12.1 Å². The Bertz CT molecular complexity index is 888. The molecule has 2 N–H and O–H groups in total. The van der Waals surface area contributed by atoms with E-state index in [0.717, 1.165) is 68.5 Å². The summed E-state index contributed by atoms with van der Waals surface area (Å²) in [7, 11) is 0. The molecule has 2 aromatic heterocycles. The average Bonchev–Trinajstić information content (AvgIpc) is 3.03. The number of rotatable bonds is 6. The van der Waals surface area contributed by atoms with E-state index in [1.807, 2.05) is 12.3 Å². The smallest absolute Gasteiger partial charge is 0.109 e. The lowest BCUT2D eigenvalue weighted by Crippen LogP contribution is -2.34. The molecule has 3 heterocycles. The number of ether oxygens (including phenoxy) is 1. The molecule has 0 spiro atoms. The van der Waals surface area contributed by atoms with Gasteiger partial charge in [-0.3, -0.25) is 4.98 Å². The Kier molecular flexibility index (Phi) is 5.18. The average molecular weight is 352 g/mol. The van der Waals surface area contributed by atoms with Crippen LogP contribution in [-0.4, -0.2) is 33.3 Å². The zero-order chi connectivity index (χ0) is 17.9. The van der Waals surface area contributed by atoms with Crippen LogP contribution < -0.4 is 5.73 Å². The number of para-hydroxylation sites is 1. The molecule has 26 heavy (non-hydrogen) atoms. The molecule has 0 aliphatic carbocycles. The minimum Gasteiger partial charge on any atom is -0.378 e. The van der Waals surface area contributed by atoms with Crippen molar-refractivity contribution in [2.75, 3.05) is 6.61 Å². The minimum absolute atomic E-state index is 0.317. The Morgan fingerprint density at radius 3 is 2.96 bits per heavy atom. The first kappa shape index (κ1) is 17.4. The van der Waals surface area contributed by atoms with Crippen molar-refractivity contribution >= 4 is 21.9 Å². The number of fused-ring (bicyclic) bond motifs is 3. The van der Waals surface area contributed by atoms with Crippen LogP contribution in [0.4, 0.5) is 0 Å². The molecule has 0 radical (unpaired) electrons. The normalized spacial score (nSPS) is 20.8. The molecule has 0 bridgehead atoms. The lowest BCUT2D eigenvalue weighted by molar-refractivity contribution is 0.00188. The van der Waals surface area contributed by atoms with E-state index in [1.165, 1.54) is 10.9 Å². The second-order valence-electron chi connectivity index (χ2n) is 7.32.